The third kappa shape index (κ3) is 5.37. The van der Waals surface area contributed by atoms with Gasteiger partial charge in [-0.15, -0.1) is 0 Å². The van der Waals surface area contributed by atoms with Crippen molar-refractivity contribution in [3.63, 3.8) is 0 Å². The Balaban J connectivity index is 1.36. The van der Waals surface area contributed by atoms with Crippen molar-refractivity contribution >= 4 is 29.2 Å². The number of aliphatic hydroxyl groups is 1. The number of piperidine rings is 1. The maximum atomic E-state index is 12.4. The van der Waals surface area contributed by atoms with E-state index in [9.17, 15) is 19.5 Å². The number of carbonyl (C=O) groups excluding carboxylic acids is 3. The molecule has 1 aromatic carbocycles. The predicted octanol–water partition coefficient (Wildman–Crippen LogP) is 3.10. The largest absolute Gasteiger partial charge is 0.460 e. The summed E-state index contributed by atoms with van der Waals surface area (Å²) in [5.74, 6) is 0.241. The van der Waals surface area contributed by atoms with Crippen molar-refractivity contribution in [2.45, 2.75) is 90.1 Å². The first-order chi connectivity index (χ1) is 16.0. The fourth-order valence-electron chi connectivity index (χ4n) is 5.50. The minimum atomic E-state index is -0.947. The van der Waals surface area contributed by atoms with Crippen molar-refractivity contribution in [3.05, 3.63) is 23.8 Å². The number of hydrogen-bond acceptors (Lipinski definition) is 7. The van der Waals surface area contributed by atoms with Gasteiger partial charge >= 0.3 is 5.97 Å². The van der Waals surface area contributed by atoms with Crippen LogP contribution in [0.5, 0.6) is 0 Å². The van der Waals surface area contributed by atoms with Crippen molar-refractivity contribution < 1.29 is 24.2 Å². The zero-order chi connectivity index (χ0) is 24.6. The van der Waals surface area contributed by atoms with E-state index in [0.717, 1.165) is 43.5 Å². The summed E-state index contributed by atoms with van der Waals surface area (Å²) in [6.45, 7) is 5.71. The number of esters is 1. The topological polar surface area (TPSA) is 99.2 Å². The molecule has 1 saturated carbocycles. The number of hydrogen-bond donors (Lipinski definition) is 2. The van der Waals surface area contributed by atoms with Crippen molar-refractivity contribution in [2.24, 2.45) is 11.8 Å². The Bertz CT molecular complexity index is 948. The summed E-state index contributed by atoms with van der Waals surface area (Å²) >= 11 is 0. The Labute approximate surface area is 201 Å². The molecule has 1 aromatic rings. The fraction of sp³-hybridized carbons (Fsp3) is 0.654. The molecule has 34 heavy (non-hydrogen) atoms. The molecule has 186 valence electrons. The first-order valence-electron chi connectivity index (χ1n) is 12.4. The number of rotatable bonds is 5. The van der Waals surface area contributed by atoms with Crippen LogP contribution in [0.25, 0.3) is 0 Å². The lowest BCUT2D eigenvalue weighted by Crippen LogP contribution is -2.56. The number of nitrogens with zero attached hydrogens (tertiary/aromatic N) is 2. The van der Waals surface area contributed by atoms with Gasteiger partial charge in [0.25, 0.3) is 0 Å². The molecule has 2 amide bonds. The molecule has 2 unspecified atom stereocenters. The van der Waals surface area contributed by atoms with E-state index in [2.05, 4.69) is 17.4 Å². The fourth-order valence-corrected chi connectivity index (χ4v) is 5.50. The highest BCUT2D eigenvalue weighted by atomic mass is 16.6. The average molecular weight is 472 g/mol. The number of anilines is 2. The maximum Gasteiger partial charge on any atom is 0.306 e. The first kappa shape index (κ1) is 24.5. The smallest absolute Gasteiger partial charge is 0.306 e. The summed E-state index contributed by atoms with van der Waals surface area (Å²) in [5, 5.41) is 13.2. The van der Waals surface area contributed by atoms with Gasteiger partial charge in [0.1, 0.15) is 11.6 Å². The molecule has 1 aliphatic carbocycles. The molecule has 2 aliphatic heterocycles. The van der Waals surface area contributed by atoms with E-state index in [0.29, 0.717) is 24.7 Å². The number of amides is 2. The summed E-state index contributed by atoms with van der Waals surface area (Å²) in [4.78, 5) is 39.6. The van der Waals surface area contributed by atoms with Crippen LogP contribution in [-0.4, -0.2) is 47.9 Å². The van der Waals surface area contributed by atoms with Gasteiger partial charge in [0.15, 0.2) is 0 Å². The van der Waals surface area contributed by atoms with Crippen LogP contribution in [0.3, 0.4) is 0 Å². The van der Waals surface area contributed by atoms with Crippen molar-refractivity contribution in [2.75, 3.05) is 16.8 Å². The van der Waals surface area contributed by atoms with Gasteiger partial charge < -0.3 is 19.6 Å². The number of aliphatic hydroxyl groups excluding tert-OH is 1. The van der Waals surface area contributed by atoms with Crippen LogP contribution >= 0.6 is 0 Å². The number of ether oxygens (including phenoxy) is 1. The lowest BCUT2D eigenvalue weighted by Gasteiger charge is -2.34. The lowest BCUT2D eigenvalue weighted by molar-refractivity contribution is -0.156. The molecule has 0 aromatic heterocycles. The van der Waals surface area contributed by atoms with E-state index in [-0.39, 0.29) is 24.2 Å². The van der Waals surface area contributed by atoms with E-state index in [4.69, 9.17) is 4.74 Å². The van der Waals surface area contributed by atoms with Gasteiger partial charge in [-0.1, -0.05) is 6.07 Å². The van der Waals surface area contributed by atoms with Gasteiger partial charge in [0.05, 0.1) is 11.4 Å². The lowest BCUT2D eigenvalue weighted by atomic mass is 9.78. The molecule has 2 atom stereocenters. The van der Waals surface area contributed by atoms with Crippen LogP contribution in [0.4, 0.5) is 11.4 Å². The van der Waals surface area contributed by atoms with Gasteiger partial charge in [-0.3, -0.25) is 19.7 Å². The monoisotopic (exact) mass is 471 g/mol. The Kier molecular flexibility index (Phi) is 6.90. The highest BCUT2D eigenvalue weighted by Crippen LogP contribution is 2.42. The second-order valence-electron chi connectivity index (χ2n) is 11.0. The summed E-state index contributed by atoms with van der Waals surface area (Å²) < 4.78 is 5.48. The average Bonchev–Trinajstić information content (AvgIpc) is 2.98. The molecule has 8 heteroatoms. The molecule has 8 nitrogen and oxygen atoms in total. The molecule has 3 aliphatic rings. The molecule has 4 rings (SSSR count). The minimum Gasteiger partial charge on any atom is -0.460 e. The Morgan fingerprint density at radius 1 is 1.09 bits per heavy atom. The van der Waals surface area contributed by atoms with E-state index in [1.807, 2.05) is 33.9 Å². The maximum absolute atomic E-state index is 12.4. The van der Waals surface area contributed by atoms with Crippen molar-refractivity contribution in [1.29, 1.82) is 0 Å². The molecular formula is C26H37N3O5. The number of nitrogens with one attached hydrogen (secondary N) is 1. The Morgan fingerprint density at radius 2 is 1.76 bits per heavy atom. The van der Waals surface area contributed by atoms with Crippen molar-refractivity contribution in [3.8, 4) is 0 Å². The molecule has 2 heterocycles. The number of benzene rings is 1. The van der Waals surface area contributed by atoms with E-state index >= 15 is 0 Å². The second-order valence-corrected chi connectivity index (χ2v) is 11.0. The minimum absolute atomic E-state index is 0.100. The zero-order valence-corrected chi connectivity index (χ0v) is 20.7. The molecule has 2 fully saturated rings. The molecule has 0 spiro atoms. The van der Waals surface area contributed by atoms with Crippen LogP contribution in [0.1, 0.15) is 71.3 Å². The summed E-state index contributed by atoms with van der Waals surface area (Å²) in [6.07, 6.45) is 5.43. The zero-order valence-electron chi connectivity index (χ0n) is 20.7. The summed E-state index contributed by atoms with van der Waals surface area (Å²) in [6, 6.07) is 5.60. The predicted molar refractivity (Wildman–Crippen MR) is 129 cm³/mol. The first-order valence-corrected chi connectivity index (χ1v) is 12.4. The third-order valence-corrected chi connectivity index (χ3v) is 7.21. The van der Waals surface area contributed by atoms with E-state index in [1.165, 1.54) is 5.56 Å². The van der Waals surface area contributed by atoms with E-state index < -0.39 is 18.0 Å². The summed E-state index contributed by atoms with van der Waals surface area (Å²) in [7, 11) is 1.82. The van der Waals surface area contributed by atoms with Crippen LogP contribution < -0.4 is 15.1 Å². The Hall–Kier alpha value is -2.61. The van der Waals surface area contributed by atoms with Crippen molar-refractivity contribution in [1.82, 2.24) is 5.32 Å². The molecule has 0 bridgehead atoms. The van der Waals surface area contributed by atoms with Gasteiger partial charge in [0.2, 0.25) is 18.2 Å². The van der Waals surface area contributed by atoms with Gasteiger partial charge in [0, 0.05) is 19.9 Å². The highest BCUT2D eigenvalue weighted by molar-refractivity contribution is 6.02. The molecule has 2 N–H and O–H groups in total. The van der Waals surface area contributed by atoms with E-state index in [1.54, 1.807) is 9.80 Å². The normalized spacial score (nSPS) is 27.4. The number of carbonyl (C=O) groups is 3. The molecule has 0 radical (unpaired) electrons. The second kappa shape index (κ2) is 9.56. The number of fused-ring (bicyclic) bond motifs is 1. The van der Waals surface area contributed by atoms with Gasteiger partial charge in [-0.05, 0) is 88.8 Å². The quantitative estimate of drug-likeness (QED) is 0.503. The Morgan fingerprint density at radius 3 is 2.41 bits per heavy atom. The van der Waals surface area contributed by atoms with Crippen LogP contribution in [0.15, 0.2) is 18.2 Å². The SMILES string of the molecule is CN1c2cc(CC3CCC(CC(=O)OC(C)(C)C)CC3)ccc2N(C2CCC(=O)NC2=O)C1O. The number of imide groups is 1. The van der Waals surface area contributed by atoms with Crippen LogP contribution in [0, 0.1) is 11.8 Å². The van der Waals surface area contributed by atoms with Crippen LogP contribution in [-0.2, 0) is 25.5 Å². The summed E-state index contributed by atoms with van der Waals surface area (Å²) in [5.41, 5.74) is 2.48. The molecular weight excluding hydrogens is 434 g/mol. The molecule has 1 saturated heterocycles. The third-order valence-electron chi connectivity index (χ3n) is 7.21. The van der Waals surface area contributed by atoms with Gasteiger partial charge in [-0.2, -0.15) is 0 Å². The van der Waals surface area contributed by atoms with Gasteiger partial charge in [-0.25, -0.2) is 0 Å². The van der Waals surface area contributed by atoms with Crippen LogP contribution in [0.2, 0.25) is 0 Å². The standard InChI is InChI=1S/C26H37N3O5/c1-26(2,3)34-23(31)15-17-7-5-16(6-8-17)13-18-9-10-19-21(14-18)28(4)25(33)29(19)20-11-12-22(30)27-24(20)32/h9-10,14,16-17,20,25,33H,5-8,11-13,15H2,1-4H3,(H,27,30,32). The highest BCUT2D eigenvalue weighted by Gasteiger charge is 2.42.